The average molecular weight is 420 g/mol. The fourth-order valence-electron chi connectivity index (χ4n) is 2.47. The number of amides is 1. The van der Waals surface area contributed by atoms with Crippen molar-refractivity contribution in [2.45, 2.75) is 6.18 Å². The molecule has 0 bridgehead atoms. The summed E-state index contributed by atoms with van der Waals surface area (Å²) in [5.41, 5.74) is 0.643. The van der Waals surface area contributed by atoms with E-state index in [1.54, 1.807) is 31.3 Å². The molecule has 2 aromatic carbocycles. The van der Waals surface area contributed by atoms with Gasteiger partial charge in [0, 0.05) is 7.05 Å². The smallest absolute Gasteiger partial charge is 0.416 e. The molecule has 0 spiro atoms. The lowest BCUT2D eigenvalue weighted by atomic mass is 10.1. The highest BCUT2D eigenvalue weighted by atomic mass is 32.2. The summed E-state index contributed by atoms with van der Waals surface area (Å²) in [6.45, 7) is 0. The normalized spacial score (nSPS) is 17.3. The Hall–Kier alpha value is -3.07. The van der Waals surface area contributed by atoms with Crippen LogP contribution in [0.1, 0.15) is 21.5 Å². The Bertz CT molecular complexity index is 997. The Balaban J connectivity index is 1.81. The van der Waals surface area contributed by atoms with Crippen LogP contribution in [0.3, 0.4) is 0 Å². The van der Waals surface area contributed by atoms with E-state index in [2.05, 4.69) is 9.73 Å². The van der Waals surface area contributed by atoms with Gasteiger partial charge in [0.1, 0.15) is 0 Å². The zero-order valence-electron chi connectivity index (χ0n) is 15.4. The number of rotatable bonds is 3. The first-order valence-corrected chi connectivity index (χ1v) is 9.12. The van der Waals surface area contributed by atoms with Gasteiger partial charge in [-0.1, -0.05) is 12.1 Å². The molecule has 1 heterocycles. The van der Waals surface area contributed by atoms with Gasteiger partial charge >= 0.3 is 12.1 Å². The number of methoxy groups -OCH3 is 1. The number of thioether (sulfide) groups is 1. The van der Waals surface area contributed by atoms with Crippen molar-refractivity contribution in [1.29, 1.82) is 0 Å². The van der Waals surface area contributed by atoms with E-state index in [0.717, 1.165) is 23.9 Å². The lowest BCUT2D eigenvalue weighted by Gasteiger charge is -2.07. The number of esters is 1. The Labute approximate surface area is 168 Å². The highest BCUT2D eigenvalue weighted by molar-refractivity contribution is 8.18. The van der Waals surface area contributed by atoms with Crippen LogP contribution < -0.4 is 0 Å². The second kappa shape index (κ2) is 8.12. The van der Waals surface area contributed by atoms with Gasteiger partial charge < -0.3 is 4.74 Å². The van der Waals surface area contributed by atoms with Crippen LogP contribution in [0.25, 0.3) is 6.08 Å². The molecule has 5 nitrogen and oxygen atoms in total. The SMILES string of the molecule is COC(=O)c1ccc(N=C2SC(=Cc3ccc(C(F)(F)F)cc3)C(=O)N2C)cc1. The topological polar surface area (TPSA) is 59.0 Å². The zero-order chi connectivity index (χ0) is 21.2. The largest absolute Gasteiger partial charge is 0.465 e. The zero-order valence-corrected chi connectivity index (χ0v) is 16.2. The molecule has 3 rings (SSSR count). The van der Waals surface area contributed by atoms with E-state index in [4.69, 9.17) is 0 Å². The number of aliphatic imine (C=N–C) groups is 1. The lowest BCUT2D eigenvalue weighted by Crippen LogP contribution is -2.23. The number of hydrogen-bond acceptors (Lipinski definition) is 5. The van der Waals surface area contributed by atoms with E-state index >= 15 is 0 Å². The number of amidine groups is 1. The first-order valence-electron chi connectivity index (χ1n) is 8.31. The minimum Gasteiger partial charge on any atom is -0.465 e. The average Bonchev–Trinajstić information content (AvgIpc) is 2.95. The molecule has 1 amide bonds. The van der Waals surface area contributed by atoms with Crippen LogP contribution in [0.15, 0.2) is 58.4 Å². The van der Waals surface area contributed by atoms with E-state index in [0.29, 0.717) is 26.9 Å². The number of halogens is 3. The Morgan fingerprint density at radius 3 is 2.28 bits per heavy atom. The van der Waals surface area contributed by atoms with Crippen molar-refractivity contribution in [1.82, 2.24) is 4.90 Å². The Kier molecular flexibility index (Phi) is 5.78. The Morgan fingerprint density at radius 1 is 1.10 bits per heavy atom. The summed E-state index contributed by atoms with van der Waals surface area (Å²) in [4.78, 5) is 30.0. The van der Waals surface area contributed by atoms with Gasteiger partial charge in [-0.25, -0.2) is 9.79 Å². The van der Waals surface area contributed by atoms with E-state index in [9.17, 15) is 22.8 Å². The van der Waals surface area contributed by atoms with Gasteiger partial charge in [0.25, 0.3) is 5.91 Å². The molecule has 9 heteroatoms. The summed E-state index contributed by atoms with van der Waals surface area (Å²) in [6.07, 6.45) is -2.89. The van der Waals surface area contributed by atoms with Crippen LogP contribution in [-0.2, 0) is 15.7 Å². The van der Waals surface area contributed by atoms with Gasteiger partial charge in [-0.2, -0.15) is 13.2 Å². The quantitative estimate of drug-likeness (QED) is 0.532. The number of carbonyl (C=O) groups excluding carboxylic acids is 2. The van der Waals surface area contributed by atoms with Gasteiger partial charge in [0.15, 0.2) is 5.17 Å². The molecule has 0 unspecified atom stereocenters. The van der Waals surface area contributed by atoms with Crippen LogP contribution >= 0.6 is 11.8 Å². The molecule has 1 saturated heterocycles. The standard InChI is InChI=1S/C20H15F3N2O3S/c1-25-17(26)16(11-12-3-7-14(8-4-12)20(21,22)23)29-19(25)24-15-9-5-13(6-10-15)18(27)28-2/h3-11H,1-2H3. The van der Waals surface area contributed by atoms with E-state index < -0.39 is 17.7 Å². The fraction of sp³-hybridized carbons (Fsp3) is 0.150. The third-order valence-corrected chi connectivity index (χ3v) is 5.11. The predicted molar refractivity (Wildman–Crippen MR) is 105 cm³/mol. The maximum absolute atomic E-state index is 12.7. The van der Waals surface area contributed by atoms with Crippen molar-refractivity contribution in [3.05, 3.63) is 70.1 Å². The third kappa shape index (κ3) is 4.68. The van der Waals surface area contributed by atoms with Crippen LogP contribution in [-0.4, -0.2) is 36.1 Å². The second-order valence-electron chi connectivity index (χ2n) is 6.03. The molecule has 0 radical (unpaired) electrons. The molecule has 1 fully saturated rings. The summed E-state index contributed by atoms with van der Waals surface area (Å²) >= 11 is 1.11. The molecule has 150 valence electrons. The van der Waals surface area contributed by atoms with Crippen molar-refractivity contribution in [3.63, 3.8) is 0 Å². The van der Waals surface area contributed by atoms with Crippen molar-refractivity contribution in [3.8, 4) is 0 Å². The molecule has 1 aliphatic rings. The molecular weight excluding hydrogens is 405 g/mol. The predicted octanol–water partition coefficient (Wildman–Crippen LogP) is 4.73. The monoisotopic (exact) mass is 420 g/mol. The molecule has 0 aliphatic carbocycles. The number of ether oxygens (including phenoxy) is 1. The molecule has 0 aromatic heterocycles. The number of likely N-dealkylation sites (N-methyl/N-ethyl adjacent to an activating group) is 1. The van der Waals surface area contributed by atoms with Crippen molar-refractivity contribution < 1.29 is 27.5 Å². The van der Waals surface area contributed by atoms with Gasteiger partial charge in [-0.3, -0.25) is 9.69 Å². The number of nitrogens with zero attached hydrogens (tertiary/aromatic N) is 2. The molecule has 0 N–H and O–H groups in total. The highest BCUT2D eigenvalue weighted by Crippen LogP contribution is 2.34. The van der Waals surface area contributed by atoms with E-state index in [-0.39, 0.29) is 5.91 Å². The lowest BCUT2D eigenvalue weighted by molar-refractivity contribution is -0.137. The highest BCUT2D eigenvalue weighted by Gasteiger charge is 2.31. The maximum atomic E-state index is 12.7. The first-order chi connectivity index (χ1) is 13.7. The Morgan fingerprint density at radius 2 is 1.72 bits per heavy atom. The van der Waals surface area contributed by atoms with Crippen molar-refractivity contribution in [2.75, 3.05) is 14.2 Å². The minimum absolute atomic E-state index is 0.306. The molecule has 29 heavy (non-hydrogen) atoms. The van der Waals surface area contributed by atoms with Crippen LogP contribution in [0, 0.1) is 0 Å². The fourth-order valence-corrected chi connectivity index (χ4v) is 3.46. The van der Waals surface area contributed by atoms with E-state index in [1.807, 2.05) is 0 Å². The summed E-state index contributed by atoms with van der Waals surface area (Å²) < 4.78 is 42.6. The van der Waals surface area contributed by atoms with Gasteiger partial charge in [-0.15, -0.1) is 0 Å². The third-order valence-electron chi connectivity index (χ3n) is 4.05. The molecule has 2 aromatic rings. The summed E-state index contributed by atoms with van der Waals surface area (Å²) in [7, 11) is 2.85. The molecule has 0 saturated carbocycles. The molecule has 0 atom stereocenters. The first kappa shape index (κ1) is 20.7. The van der Waals surface area contributed by atoms with Crippen LogP contribution in [0.2, 0.25) is 0 Å². The number of alkyl halides is 3. The van der Waals surface area contributed by atoms with E-state index in [1.165, 1.54) is 30.2 Å². The summed E-state index contributed by atoms with van der Waals surface area (Å²) in [5.74, 6) is -0.770. The maximum Gasteiger partial charge on any atom is 0.416 e. The van der Waals surface area contributed by atoms with Crippen LogP contribution in [0.5, 0.6) is 0 Å². The molecule has 1 aliphatic heterocycles. The van der Waals surface area contributed by atoms with Crippen molar-refractivity contribution >= 4 is 40.6 Å². The van der Waals surface area contributed by atoms with Gasteiger partial charge in [0.05, 0.1) is 28.8 Å². The number of hydrogen-bond donors (Lipinski definition) is 0. The summed E-state index contributed by atoms with van der Waals surface area (Å²) in [6, 6.07) is 10.9. The minimum atomic E-state index is -4.41. The van der Waals surface area contributed by atoms with Gasteiger partial charge in [0.2, 0.25) is 0 Å². The van der Waals surface area contributed by atoms with Crippen LogP contribution in [0.4, 0.5) is 18.9 Å². The van der Waals surface area contributed by atoms with Gasteiger partial charge in [-0.05, 0) is 59.8 Å². The second-order valence-corrected chi connectivity index (χ2v) is 7.04. The molecular formula is C20H15F3N2O3S. The van der Waals surface area contributed by atoms with Crippen molar-refractivity contribution in [2.24, 2.45) is 4.99 Å². The number of benzene rings is 2. The summed E-state index contributed by atoms with van der Waals surface area (Å²) in [5, 5.41) is 0.416. The number of carbonyl (C=O) groups is 2.